The maximum absolute atomic E-state index is 13.0. The molecule has 0 aliphatic rings. The van der Waals surface area contributed by atoms with Gasteiger partial charge < -0.3 is 14.6 Å². The number of carbonyl (C=O) groups is 2. The fourth-order valence-electron chi connectivity index (χ4n) is 3.26. The molecule has 4 rings (SSSR count). The topological polar surface area (TPSA) is 81.4 Å². The van der Waals surface area contributed by atoms with Gasteiger partial charge in [0.05, 0.1) is 17.9 Å². The average Bonchev–Trinajstić information content (AvgIpc) is 3.35. The number of nitrogens with one attached hydrogen (secondary N) is 1. The predicted octanol–water partition coefficient (Wildman–Crippen LogP) is 6.23. The van der Waals surface area contributed by atoms with Crippen LogP contribution >= 0.6 is 23.1 Å². The van der Waals surface area contributed by atoms with Crippen molar-refractivity contribution in [2.75, 3.05) is 11.9 Å². The summed E-state index contributed by atoms with van der Waals surface area (Å²) in [5, 5.41) is 7.86. The van der Waals surface area contributed by atoms with E-state index in [9.17, 15) is 9.59 Å². The lowest BCUT2D eigenvalue weighted by molar-refractivity contribution is 0.0532. The van der Waals surface area contributed by atoms with Crippen molar-refractivity contribution in [3.63, 3.8) is 0 Å². The minimum absolute atomic E-state index is 0.188. The number of hydrogen-bond acceptors (Lipinski definition) is 7. The lowest BCUT2D eigenvalue weighted by Gasteiger charge is -2.10. The first kappa shape index (κ1) is 22.1. The molecule has 0 saturated carbocycles. The third-order valence-corrected chi connectivity index (χ3v) is 7.13. The number of aromatic nitrogens is 1. The van der Waals surface area contributed by atoms with Crippen molar-refractivity contribution in [1.29, 1.82) is 0 Å². The molecule has 1 N–H and O–H groups in total. The molecular formula is C24H22N2O4S2. The molecule has 0 spiro atoms. The Morgan fingerprint density at radius 1 is 1.16 bits per heavy atom. The average molecular weight is 467 g/mol. The van der Waals surface area contributed by atoms with Gasteiger partial charge >= 0.3 is 5.97 Å². The van der Waals surface area contributed by atoms with E-state index in [4.69, 9.17) is 9.26 Å². The van der Waals surface area contributed by atoms with Crippen molar-refractivity contribution in [1.82, 2.24) is 5.16 Å². The van der Waals surface area contributed by atoms with E-state index in [1.165, 1.54) is 11.3 Å². The number of amides is 1. The Morgan fingerprint density at radius 2 is 1.97 bits per heavy atom. The van der Waals surface area contributed by atoms with Crippen LogP contribution in [0.1, 0.15) is 44.0 Å². The molecule has 4 aromatic rings. The number of aryl methyl sites for hydroxylation is 2. The number of thiophene rings is 1. The number of fused-ring (bicyclic) bond motifs is 1. The summed E-state index contributed by atoms with van der Waals surface area (Å²) < 4.78 is 11.3. The third kappa shape index (κ3) is 4.71. The predicted molar refractivity (Wildman–Crippen MR) is 128 cm³/mol. The van der Waals surface area contributed by atoms with E-state index in [0.717, 1.165) is 32.0 Å². The number of esters is 1. The van der Waals surface area contributed by atoms with E-state index in [-0.39, 0.29) is 11.9 Å². The van der Waals surface area contributed by atoms with E-state index in [1.54, 1.807) is 24.8 Å². The van der Waals surface area contributed by atoms with Crippen molar-refractivity contribution in [3.8, 4) is 0 Å². The van der Waals surface area contributed by atoms with E-state index >= 15 is 0 Å². The molecule has 0 aliphatic heterocycles. The van der Waals surface area contributed by atoms with Crippen molar-refractivity contribution in [2.45, 2.75) is 31.4 Å². The number of nitrogens with zero attached hydrogens (tertiary/aromatic N) is 1. The molecule has 8 heteroatoms. The minimum atomic E-state index is -0.330. The summed E-state index contributed by atoms with van der Waals surface area (Å²) in [6, 6.07) is 14.9. The van der Waals surface area contributed by atoms with Crippen LogP contribution in [0.4, 0.5) is 5.69 Å². The second-order valence-electron chi connectivity index (χ2n) is 7.13. The monoisotopic (exact) mass is 466 g/mol. The lowest BCUT2D eigenvalue weighted by atomic mass is 10.2. The number of anilines is 1. The van der Waals surface area contributed by atoms with Crippen LogP contribution in [0, 0.1) is 13.8 Å². The maximum atomic E-state index is 13.0. The van der Waals surface area contributed by atoms with Gasteiger partial charge in [0.25, 0.3) is 5.91 Å². The van der Waals surface area contributed by atoms with Gasteiger partial charge in [0.2, 0.25) is 0 Å². The molecule has 0 aliphatic carbocycles. The Balaban J connectivity index is 1.51. The Morgan fingerprint density at radius 3 is 2.72 bits per heavy atom. The molecular weight excluding hydrogens is 444 g/mol. The van der Waals surface area contributed by atoms with Crippen molar-refractivity contribution >= 4 is 50.7 Å². The first-order chi connectivity index (χ1) is 15.5. The van der Waals surface area contributed by atoms with Crippen LogP contribution in [0.3, 0.4) is 0 Å². The van der Waals surface area contributed by atoms with Crippen LogP contribution < -0.4 is 5.32 Å². The van der Waals surface area contributed by atoms with E-state index in [0.29, 0.717) is 28.5 Å². The van der Waals surface area contributed by atoms with Crippen LogP contribution in [0.25, 0.3) is 10.1 Å². The van der Waals surface area contributed by atoms with E-state index in [1.807, 2.05) is 56.3 Å². The number of benzene rings is 2. The first-order valence-electron chi connectivity index (χ1n) is 10.1. The van der Waals surface area contributed by atoms with Gasteiger partial charge in [-0.15, -0.1) is 23.1 Å². The van der Waals surface area contributed by atoms with Gasteiger partial charge in [-0.25, -0.2) is 4.79 Å². The third-order valence-electron chi connectivity index (χ3n) is 4.94. The second-order valence-corrected chi connectivity index (χ2v) is 9.23. The van der Waals surface area contributed by atoms with Gasteiger partial charge in [0.15, 0.2) is 0 Å². The summed E-state index contributed by atoms with van der Waals surface area (Å²) >= 11 is 2.95. The molecule has 0 atom stereocenters. The maximum Gasteiger partial charge on any atom is 0.348 e. The molecule has 0 fully saturated rings. The molecule has 32 heavy (non-hydrogen) atoms. The summed E-state index contributed by atoms with van der Waals surface area (Å²) in [6.45, 7) is 5.92. The molecule has 0 bridgehead atoms. The summed E-state index contributed by atoms with van der Waals surface area (Å²) in [5.41, 5.74) is 3.18. The first-order valence-corrected chi connectivity index (χ1v) is 11.9. The molecule has 0 unspecified atom stereocenters. The number of rotatable bonds is 7. The van der Waals surface area contributed by atoms with Gasteiger partial charge in [-0.05, 0) is 62.6 Å². The Kier molecular flexibility index (Phi) is 6.62. The summed E-state index contributed by atoms with van der Waals surface area (Å²) in [6.07, 6.45) is 0. The second kappa shape index (κ2) is 9.58. The fraction of sp³-hybridized carbons (Fsp3) is 0.208. The Labute approximate surface area is 193 Å². The van der Waals surface area contributed by atoms with Crippen LogP contribution in [-0.2, 0) is 10.5 Å². The van der Waals surface area contributed by atoms with Gasteiger partial charge in [-0.1, -0.05) is 17.3 Å². The zero-order valence-corrected chi connectivity index (χ0v) is 19.6. The molecule has 1 amide bonds. The standard InChI is InChI=1S/C24H22N2O4S2/c1-4-29-24(28)22-12-16-11-17(9-10-20(16)32-22)25-23(27)18-7-5-6-8-21(18)31-13-19-14(2)26-30-15(19)3/h5-12H,4,13H2,1-3H3,(H,25,27). The smallest absolute Gasteiger partial charge is 0.348 e. The number of ether oxygens (including phenoxy) is 1. The SMILES string of the molecule is CCOC(=O)c1cc2cc(NC(=O)c3ccccc3SCc3c(C)noc3C)ccc2s1. The van der Waals surface area contributed by atoms with E-state index in [2.05, 4.69) is 10.5 Å². The lowest BCUT2D eigenvalue weighted by Crippen LogP contribution is -2.12. The van der Waals surface area contributed by atoms with Gasteiger partial charge in [0.1, 0.15) is 10.6 Å². The van der Waals surface area contributed by atoms with Crippen molar-refractivity contribution in [3.05, 3.63) is 76.0 Å². The highest BCUT2D eigenvalue weighted by molar-refractivity contribution is 7.98. The molecule has 0 radical (unpaired) electrons. The summed E-state index contributed by atoms with van der Waals surface area (Å²) in [5.74, 6) is 0.946. The fourth-order valence-corrected chi connectivity index (χ4v) is 5.40. The van der Waals surface area contributed by atoms with Gasteiger partial charge in [-0.3, -0.25) is 4.79 Å². The highest BCUT2D eigenvalue weighted by Gasteiger charge is 2.16. The van der Waals surface area contributed by atoms with Crippen LogP contribution in [-0.4, -0.2) is 23.6 Å². The molecule has 2 aromatic carbocycles. The van der Waals surface area contributed by atoms with Crippen molar-refractivity contribution in [2.24, 2.45) is 0 Å². The Bertz CT molecular complexity index is 1270. The zero-order chi connectivity index (χ0) is 22.7. The van der Waals surface area contributed by atoms with Gasteiger partial charge in [-0.2, -0.15) is 0 Å². The number of hydrogen-bond donors (Lipinski definition) is 1. The molecule has 2 heterocycles. The normalized spacial score (nSPS) is 11.0. The zero-order valence-electron chi connectivity index (χ0n) is 17.9. The molecule has 164 valence electrons. The summed E-state index contributed by atoms with van der Waals surface area (Å²) in [7, 11) is 0. The number of carbonyl (C=O) groups excluding carboxylic acids is 2. The van der Waals surface area contributed by atoms with E-state index < -0.39 is 0 Å². The quantitative estimate of drug-likeness (QED) is 0.257. The van der Waals surface area contributed by atoms with Crippen LogP contribution in [0.2, 0.25) is 0 Å². The van der Waals surface area contributed by atoms with Gasteiger partial charge in [0, 0.05) is 26.6 Å². The Hall–Kier alpha value is -3.10. The van der Waals surface area contributed by atoms with Crippen LogP contribution in [0.5, 0.6) is 0 Å². The van der Waals surface area contributed by atoms with Crippen molar-refractivity contribution < 1.29 is 18.8 Å². The minimum Gasteiger partial charge on any atom is -0.462 e. The largest absolute Gasteiger partial charge is 0.462 e. The highest BCUT2D eigenvalue weighted by Crippen LogP contribution is 2.31. The highest BCUT2D eigenvalue weighted by atomic mass is 32.2. The molecule has 2 aromatic heterocycles. The summed E-state index contributed by atoms with van der Waals surface area (Å²) in [4.78, 5) is 26.5. The number of thioether (sulfide) groups is 1. The van der Waals surface area contributed by atoms with Crippen LogP contribution in [0.15, 0.2) is 57.9 Å². The molecule has 6 nitrogen and oxygen atoms in total. The molecule has 0 saturated heterocycles.